The average Bonchev–Trinajstić information content (AvgIpc) is 3.04. The van der Waals surface area contributed by atoms with Gasteiger partial charge < -0.3 is 10.2 Å². The van der Waals surface area contributed by atoms with E-state index in [1.54, 1.807) is 10.6 Å². The summed E-state index contributed by atoms with van der Waals surface area (Å²) in [4.78, 5) is 6.94. The number of pyridine rings is 1. The maximum Gasteiger partial charge on any atom is 0.247 e. The van der Waals surface area contributed by atoms with E-state index in [2.05, 4.69) is 38.5 Å². The van der Waals surface area contributed by atoms with E-state index in [4.69, 9.17) is 0 Å². The van der Waals surface area contributed by atoms with Crippen molar-refractivity contribution < 1.29 is 0 Å². The summed E-state index contributed by atoms with van der Waals surface area (Å²) in [6.07, 6.45) is 5.74. The van der Waals surface area contributed by atoms with E-state index in [1.165, 1.54) is 24.9 Å². The third kappa shape index (κ3) is 2.76. The molecule has 1 aromatic carbocycles. The summed E-state index contributed by atoms with van der Waals surface area (Å²) in [5, 5.41) is 16.7. The van der Waals surface area contributed by atoms with Crippen molar-refractivity contribution in [3.63, 3.8) is 0 Å². The number of nitrogens with one attached hydrogen (secondary N) is 1. The monoisotopic (exact) mass is 318 g/mol. The Balaban J connectivity index is 1.62. The van der Waals surface area contributed by atoms with Crippen LogP contribution in [-0.2, 0) is 0 Å². The molecule has 3 aromatic rings. The van der Waals surface area contributed by atoms with Crippen LogP contribution in [0.25, 0.3) is 5.65 Å². The Kier molecular flexibility index (Phi) is 3.75. The smallest absolute Gasteiger partial charge is 0.247 e. The molecule has 6 heteroatoms. The zero-order valence-electron chi connectivity index (χ0n) is 13.3. The van der Waals surface area contributed by atoms with Gasteiger partial charge in [-0.1, -0.05) is 12.1 Å². The molecule has 1 fully saturated rings. The molecule has 0 radical (unpaired) electrons. The van der Waals surface area contributed by atoms with Crippen LogP contribution >= 0.6 is 0 Å². The Bertz CT molecular complexity index is 901. The quantitative estimate of drug-likeness (QED) is 0.802. The summed E-state index contributed by atoms with van der Waals surface area (Å²) in [6, 6.07) is 13.7. The van der Waals surface area contributed by atoms with Crippen LogP contribution in [0.4, 0.5) is 17.3 Å². The molecule has 0 unspecified atom stereocenters. The second-order valence-electron chi connectivity index (χ2n) is 5.95. The number of fused-ring (bicyclic) bond motifs is 1. The number of aromatic nitrogens is 3. The Labute approximate surface area is 140 Å². The van der Waals surface area contributed by atoms with Gasteiger partial charge in [-0.2, -0.15) is 10.2 Å². The number of nitrogens with zero attached hydrogens (tertiary/aromatic N) is 5. The second-order valence-corrected chi connectivity index (χ2v) is 5.95. The van der Waals surface area contributed by atoms with Crippen molar-refractivity contribution in [3.05, 3.63) is 48.2 Å². The first kappa shape index (κ1) is 14.5. The molecule has 3 heterocycles. The number of piperidine rings is 1. The van der Waals surface area contributed by atoms with Gasteiger partial charge in [0.1, 0.15) is 6.07 Å². The minimum Gasteiger partial charge on any atom is -0.371 e. The van der Waals surface area contributed by atoms with E-state index in [-0.39, 0.29) is 0 Å². The van der Waals surface area contributed by atoms with Gasteiger partial charge in [0.25, 0.3) is 0 Å². The van der Waals surface area contributed by atoms with Gasteiger partial charge in [-0.25, -0.2) is 4.52 Å². The third-order valence-corrected chi connectivity index (χ3v) is 4.34. The highest BCUT2D eigenvalue weighted by Crippen LogP contribution is 2.22. The van der Waals surface area contributed by atoms with Crippen LogP contribution in [0.2, 0.25) is 0 Å². The molecule has 1 aliphatic rings. The Morgan fingerprint density at radius 1 is 1.08 bits per heavy atom. The molecule has 1 saturated heterocycles. The number of benzene rings is 1. The van der Waals surface area contributed by atoms with Crippen molar-refractivity contribution in [2.45, 2.75) is 19.3 Å². The normalized spacial score (nSPS) is 14.5. The molecule has 0 amide bonds. The molecule has 120 valence electrons. The maximum atomic E-state index is 9.18. The first-order valence-electron chi connectivity index (χ1n) is 8.21. The van der Waals surface area contributed by atoms with Gasteiger partial charge in [0.15, 0.2) is 5.65 Å². The first-order valence-corrected chi connectivity index (χ1v) is 8.21. The molecule has 0 bridgehead atoms. The summed E-state index contributed by atoms with van der Waals surface area (Å²) in [7, 11) is 0. The summed E-state index contributed by atoms with van der Waals surface area (Å²) >= 11 is 0. The summed E-state index contributed by atoms with van der Waals surface area (Å²) in [5.74, 6) is 0.494. The van der Waals surface area contributed by atoms with Crippen molar-refractivity contribution in [1.82, 2.24) is 14.6 Å². The largest absolute Gasteiger partial charge is 0.371 e. The van der Waals surface area contributed by atoms with Crippen molar-refractivity contribution in [2.24, 2.45) is 0 Å². The predicted molar refractivity (Wildman–Crippen MR) is 93.5 cm³/mol. The molecule has 0 saturated carbocycles. The molecule has 0 aliphatic carbocycles. The van der Waals surface area contributed by atoms with E-state index in [9.17, 15) is 5.26 Å². The lowest BCUT2D eigenvalue weighted by molar-refractivity contribution is 0.577. The lowest BCUT2D eigenvalue weighted by Gasteiger charge is -2.28. The summed E-state index contributed by atoms with van der Waals surface area (Å²) in [6.45, 7) is 2.20. The average molecular weight is 318 g/mol. The van der Waals surface area contributed by atoms with Crippen molar-refractivity contribution >= 4 is 23.0 Å². The lowest BCUT2D eigenvalue weighted by atomic mass is 10.1. The van der Waals surface area contributed by atoms with Gasteiger partial charge in [0.05, 0.1) is 11.3 Å². The van der Waals surface area contributed by atoms with Crippen molar-refractivity contribution in [3.8, 4) is 6.07 Å². The number of anilines is 3. The third-order valence-electron chi connectivity index (χ3n) is 4.34. The fourth-order valence-electron chi connectivity index (χ4n) is 3.08. The standard InChI is InChI=1S/C18H18N6/c19-13-14-6-2-3-7-16(14)20-18-21-17-12-15(8-11-24(17)22-18)23-9-4-1-5-10-23/h2-3,6-8,11-12H,1,4-5,9-10H2,(H,20,22). The molecule has 0 spiro atoms. The fourth-order valence-corrected chi connectivity index (χ4v) is 3.08. The molecule has 1 aliphatic heterocycles. The summed E-state index contributed by atoms with van der Waals surface area (Å²) < 4.78 is 1.75. The Morgan fingerprint density at radius 3 is 2.75 bits per heavy atom. The van der Waals surface area contributed by atoms with E-state index < -0.39 is 0 Å². The molecule has 6 nitrogen and oxygen atoms in total. The van der Waals surface area contributed by atoms with E-state index in [1.807, 2.05) is 24.4 Å². The van der Waals surface area contributed by atoms with Gasteiger partial charge in [-0.3, -0.25) is 0 Å². The van der Waals surface area contributed by atoms with Crippen LogP contribution in [0, 0.1) is 11.3 Å². The topological polar surface area (TPSA) is 69.2 Å². The van der Waals surface area contributed by atoms with Crippen molar-refractivity contribution in [2.75, 3.05) is 23.3 Å². The maximum absolute atomic E-state index is 9.18. The van der Waals surface area contributed by atoms with E-state index >= 15 is 0 Å². The SMILES string of the molecule is N#Cc1ccccc1Nc1nc2cc(N3CCCCC3)ccn2n1. The van der Waals surface area contributed by atoms with Crippen LogP contribution in [0.1, 0.15) is 24.8 Å². The van der Waals surface area contributed by atoms with Gasteiger partial charge in [0.2, 0.25) is 5.95 Å². The van der Waals surface area contributed by atoms with E-state index in [0.717, 1.165) is 18.7 Å². The Hall–Kier alpha value is -3.07. The molecule has 4 rings (SSSR count). The van der Waals surface area contributed by atoms with Gasteiger partial charge in [-0.05, 0) is 37.5 Å². The highest BCUT2D eigenvalue weighted by molar-refractivity contribution is 5.64. The molecular weight excluding hydrogens is 300 g/mol. The minimum atomic E-state index is 0.494. The molecule has 1 N–H and O–H groups in total. The first-order chi connectivity index (χ1) is 11.8. The van der Waals surface area contributed by atoms with Crippen LogP contribution in [0.3, 0.4) is 0 Å². The number of hydrogen-bond donors (Lipinski definition) is 1. The zero-order chi connectivity index (χ0) is 16.4. The van der Waals surface area contributed by atoms with Crippen LogP contribution < -0.4 is 10.2 Å². The minimum absolute atomic E-state index is 0.494. The highest BCUT2D eigenvalue weighted by Gasteiger charge is 2.13. The van der Waals surface area contributed by atoms with Gasteiger partial charge in [0, 0.05) is 31.0 Å². The predicted octanol–water partition coefficient (Wildman–Crippen LogP) is 3.33. The van der Waals surface area contributed by atoms with Crippen molar-refractivity contribution in [1.29, 1.82) is 5.26 Å². The molecule has 2 aromatic heterocycles. The highest BCUT2D eigenvalue weighted by atomic mass is 15.3. The number of nitriles is 1. The van der Waals surface area contributed by atoms with Crippen LogP contribution in [0.15, 0.2) is 42.6 Å². The number of rotatable bonds is 3. The van der Waals surface area contributed by atoms with Gasteiger partial charge >= 0.3 is 0 Å². The Morgan fingerprint density at radius 2 is 1.92 bits per heavy atom. The van der Waals surface area contributed by atoms with E-state index in [0.29, 0.717) is 17.2 Å². The molecule has 24 heavy (non-hydrogen) atoms. The number of para-hydroxylation sites is 1. The van der Waals surface area contributed by atoms with Gasteiger partial charge in [-0.15, -0.1) is 5.10 Å². The second kappa shape index (κ2) is 6.20. The number of hydrogen-bond acceptors (Lipinski definition) is 5. The zero-order valence-corrected chi connectivity index (χ0v) is 13.3. The molecule has 0 atom stereocenters. The fraction of sp³-hybridized carbons (Fsp3) is 0.278. The van der Waals surface area contributed by atoms with Crippen LogP contribution in [-0.4, -0.2) is 27.7 Å². The summed E-state index contributed by atoms with van der Waals surface area (Å²) in [5.41, 5.74) is 3.28. The van der Waals surface area contributed by atoms with Crippen LogP contribution in [0.5, 0.6) is 0 Å². The molecular formula is C18H18N6. The lowest BCUT2D eigenvalue weighted by Crippen LogP contribution is -2.29.